The number of rotatable bonds is 3. The molecular weight excluding hydrogens is 259 g/mol. The molecule has 4 nitrogen and oxygen atoms in total. The van der Waals surface area contributed by atoms with Gasteiger partial charge in [0.1, 0.15) is 5.69 Å². The summed E-state index contributed by atoms with van der Waals surface area (Å²) in [5, 5.41) is 2.98. The molecule has 2 aliphatic rings. The third-order valence-corrected chi connectivity index (χ3v) is 3.48. The highest BCUT2D eigenvalue weighted by Crippen LogP contribution is 2.39. The Bertz CT molecular complexity index is 462. The fourth-order valence-corrected chi connectivity index (χ4v) is 2.41. The van der Waals surface area contributed by atoms with Crippen LogP contribution in [0, 0.1) is 5.92 Å². The zero-order chi connectivity index (χ0) is 13.5. The Balaban J connectivity index is 1.72. The molecule has 0 bridgehead atoms. The van der Waals surface area contributed by atoms with Gasteiger partial charge in [-0.3, -0.25) is 0 Å². The first kappa shape index (κ1) is 12.7. The van der Waals surface area contributed by atoms with E-state index in [9.17, 15) is 13.2 Å². The minimum atomic E-state index is -4.44. The van der Waals surface area contributed by atoms with E-state index in [0.717, 1.165) is 31.5 Å². The Morgan fingerprint density at radius 1 is 1.26 bits per heavy atom. The number of aromatic nitrogens is 2. The van der Waals surface area contributed by atoms with E-state index in [0.29, 0.717) is 12.5 Å². The summed E-state index contributed by atoms with van der Waals surface area (Å²) in [7, 11) is 0. The maximum absolute atomic E-state index is 12.6. The summed E-state index contributed by atoms with van der Waals surface area (Å²) in [6.07, 6.45) is -0.195. The summed E-state index contributed by atoms with van der Waals surface area (Å²) in [4.78, 5) is 7.37. The molecule has 0 radical (unpaired) electrons. The zero-order valence-corrected chi connectivity index (χ0v) is 10.2. The van der Waals surface area contributed by atoms with Gasteiger partial charge >= 0.3 is 6.18 Å². The van der Waals surface area contributed by atoms with Gasteiger partial charge in [-0.25, -0.2) is 9.97 Å². The highest BCUT2D eigenvalue weighted by atomic mass is 19.4. The van der Waals surface area contributed by atoms with Gasteiger partial charge in [0.25, 0.3) is 0 Å². The van der Waals surface area contributed by atoms with Crippen LogP contribution in [0.5, 0.6) is 0 Å². The van der Waals surface area contributed by atoms with Crippen LogP contribution in [0.4, 0.5) is 19.1 Å². The van der Waals surface area contributed by atoms with Gasteiger partial charge in [-0.1, -0.05) is 0 Å². The number of nitrogens with zero attached hydrogens (tertiary/aromatic N) is 2. The lowest BCUT2D eigenvalue weighted by molar-refractivity contribution is -0.141. The fourth-order valence-electron chi connectivity index (χ4n) is 2.41. The average molecular weight is 273 g/mol. The zero-order valence-electron chi connectivity index (χ0n) is 10.2. The van der Waals surface area contributed by atoms with Crippen molar-refractivity contribution in [2.75, 3.05) is 11.9 Å². The predicted octanol–water partition coefficient (Wildman–Crippen LogP) is 2.47. The molecule has 1 N–H and O–H groups in total. The molecule has 0 amide bonds. The molecule has 1 saturated heterocycles. The van der Waals surface area contributed by atoms with E-state index in [-0.39, 0.29) is 18.1 Å². The van der Waals surface area contributed by atoms with Gasteiger partial charge in [-0.15, -0.1) is 0 Å². The van der Waals surface area contributed by atoms with E-state index in [2.05, 4.69) is 15.3 Å². The van der Waals surface area contributed by atoms with Crippen molar-refractivity contribution in [2.45, 2.75) is 37.6 Å². The van der Waals surface area contributed by atoms with Crippen molar-refractivity contribution in [1.29, 1.82) is 0 Å². The fraction of sp³-hybridized carbons (Fsp3) is 0.667. The largest absolute Gasteiger partial charge is 0.433 e. The lowest BCUT2D eigenvalue weighted by Gasteiger charge is -2.19. The van der Waals surface area contributed by atoms with Crippen molar-refractivity contribution in [3.63, 3.8) is 0 Å². The van der Waals surface area contributed by atoms with E-state index < -0.39 is 11.9 Å². The highest BCUT2D eigenvalue weighted by molar-refractivity contribution is 5.29. The van der Waals surface area contributed by atoms with Gasteiger partial charge in [0.15, 0.2) is 0 Å². The Kier molecular flexibility index (Phi) is 3.08. The molecule has 1 aromatic heterocycles. The first-order chi connectivity index (χ1) is 9.04. The van der Waals surface area contributed by atoms with Crippen LogP contribution in [0.1, 0.15) is 25.0 Å². The second kappa shape index (κ2) is 4.63. The third-order valence-electron chi connectivity index (χ3n) is 3.48. The monoisotopic (exact) mass is 273 g/mol. The predicted molar refractivity (Wildman–Crippen MR) is 61.5 cm³/mol. The normalized spacial score (nSPS) is 27.5. The van der Waals surface area contributed by atoms with Crippen molar-refractivity contribution in [2.24, 2.45) is 5.92 Å². The maximum atomic E-state index is 12.6. The molecular formula is C12H14F3N3O. The quantitative estimate of drug-likeness (QED) is 0.919. The number of alkyl halides is 3. The van der Waals surface area contributed by atoms with Crippen LogP contribution in [0.15, 0.2) is 12.3 Å². The molecule has 0 aromatic carbocycles. The van der Waals surface area contributed by atoms with Crippen LogP contribution in [-0.4, -0.2) is 28.7 Å². The SMILES string of the molecule is FC(F)(F)c1ccnc(NC2CCOC2C2CC2)n1. The number of ether oxygens (including phenoxy) is 1. The van der Waals surface area contributed by atoms with Gasteiger partial charge in [-0.2, -0.15) is 13.2 Å². The van der Waals surface area contributed by atoms with E-state index in [1.807, 2.05) is 0 Å². The number of halogens is 3. The van der Waals surface area contributed by atoms with Gasteiger partial charge in [-0.05, 0) is 31.2 Å². The number of nitrogens with one attached hydrogen (secondary N) is 1. The van der Waals surface area contributed by atoms with E-state index in [1.165, 1.54) is 0 Å². The Morgan fingerprint density at radius 3 is 2.74 bits per heavy atom. The highest BCUT2D eigenvalue weighted by Gasteiger charge is 2.41. The number of anilines is 1. The number of hydrogen-bond acceptors (Lipinski definition) is 4. The molecule has 2 fully saturated rings. The summed E-state index contributed by atoms with van der Waals surface area (Å²) in [5.41, 5.74) is -0.924. The standard InChI is InChI=1S/C12H14F3N3O/c13-12(14,15)9-3-5-16-11(18-9)17-8-4-6-19-10(8)7-1-2-7/h3,5,7-8,10H,1-2,4,6H2,(H,16,17,18). The first-order valence-corrected chi connectivity index (χ1v) is 6.32. The smallest absolute Gasteiger partial charge is 0.376 e. The second-order valence-electron chi connectivity index (χ2n) is 4.98. The molecule has 1 aromatic rings. The Labute approximate surface area is 108 Å². The lowest BCUT2D eigenvalue weighted by Crippen LogP contribution is -2.32. The molecule has 1 saturated carbocycles. The van der Waals surface area contributed by atoms with Crippen molar-refractivity contribution >= 4 is 5.95 Å². The molecule has 2 heterocycles. The van der Waals surface area contributed by atoms with Crippen LogP contribution < -0.4 is 5.32 Å². The van der Waals surface area contributed by atoms with Crippen molar-refractivity contribution < 1.29 is 17.9 Å². The van der Waals surface area contributed by atoms with Crippen LogP contribution in [0.2, 0.25) is 0 Å². The molecule has 104 valence electrons. The van der Waals surface area contributed by atoms with Crippen molar-refractivity contribution in [3.8, 4) is 0 Å². The summed E-state index contributed by atoms with van der Waals surface area (Å²) in [6, 6.07) is 0.880. The van der Waals surface area contributed by atoms with E-state index >= 15 is 0 Å². The molecule has 2 unspecified atom stereocenters. The minimum Gasteiger partial charge on any atom is -0.376 e. The van der Waals surface area contributed by atoms with Gasteiger partial charge in [0.05, 0.1) is 12.1 Å². The summed E-state index contributed by atoms with van der Waals surface area (Å²) < 4.78 is 43.3. The average Bonchev–Trinajstić information content (AvgIpc) is 3.10. The summed E-state index contributed by atoms with van der Waals surface area (Å²) >= 11 is 0. The molecule has 0 spiro atoms. The Morgan fingerprint density at radius 2 is 2.05 bits per heavy atom. The van der Waals surface area contributed by atoms with E-state index in [4.69, 9.17) is 4.74 Å². The molecule has 1 aliphatic carbocycles. The van der Waals surface area contributed by atoms with Crippen LogP contribution in [-0.2, 0) is 10.9 Å². The summed E-state index contributed by atoms with van der Waals surface area (Å²) in [6.45, 7) is 0.637. The molecule has 1 aliphatic heterocycles. The van der Waals surface area contributed by atoms with Crippen molar-refractivity contribution in [3.05, 3.63) is 18.0 Å². The topological polar surface area (TPSA) is 47.0 Å². The molecule has 19 heavy (non-hydrogen) atoms. The van der Waals surface area contributed by atoms with Crippen molar-refractivity contribution in [1.82, 2.24) is 9.97 Å². The van der Waals surface area contributed by atoms with Gasteiger partial charge < -0.3 is 10.1 Å². The molecule has 2 atom stereocenters. The maximum Gasteiger partial charge on any atom is 0.433 e. The number of hydrogen-bond donors (Lipinski definition) is 1. The molecule has 7 heteroatoms. The van der Waals surface area contributed by atoms with Crippen LogP contribution in [0.25, 0.3) is 0 Å². The Hall–Kier alpha value is -1.37. The first-order valence-electron chi connectivity index (χ1n) is 6.32. The van der Waals surface area contributed by atoms with Gasteiger partial charge in [0, 0.05) is 12.8 Å². The second-order valence-corrected chi connectivity index (χ2v) is 4.98. The van der Waals surface area contributed by atoms with E-state index in [1.54, 1.807) is 0 Å². The van der Waals surface area contributed by atoms with Crippen LogP contribution >= 0.6 is 0 Å². The van der Waals surface area contributed by atoms with Crippen LogP contribution in [0.3, 0.4) is 0 Å². The molecule has 3 rings (SSSR count). The van der Waals surface area contributed by atoms with Gasteiger partial charge in [0.2, 0.25) is 5.95 Å². The third kappa shape index (κ3) is 2.80. The lowest BCUT2D eigenvalue weighted by atomic mass is 10.1. The summed E-state index contributed by atoms with van der Waals surface area (Å²) in [5.74, 6) is 0.557. The minimum absolute atomic E-state index is 0.0102.